The molecule has 1 N–H and O–H groups in total. The van der Waals surface area contributed by atoms with Gasteiger partial charge in [0.15, 0.2) is 0 Å². The van der Waals surface area contributed by atoms with Crippen molar-refractivity contribution < 1.29 is 9.90 Å². The average molecular weight is 216 g/mol. The van der Waals surface area contributed by atoms with Crippen LogP contribution in [0.25, 0.3) is 11.0 Å². The molecule has 0 spiro atoms. The van der Waals surface area contributed by atoms with E-state index in [-0.39, 0.29) is 5.92 Å². The fourth-order valence-electron chi connectivity index (χ4n) is 2.35. The summed E-state index contributed by atoms with van der Waals surface area (Å²) < 4.78 is 2.13. The van der Waals surface area contributed by atoms with Crippen molar-refractivity contribution in [2.75, 3.05) is 0 Å². The van der Waals surface area contributed by atoms with Crippen molar-refractivity contribution in [2.24, 2.45) is 5.92 Å². The number of rotatable bonds is 1. The van der Waals surface area contributed by atoms with Crippen LogP contribution in [-0.2, 0) is 17.8 Å². The zero-order chi connectivity index (χ0) is 11.1. The lowest BCUT2D eigenvalue weighted by Gasteiger charge is -2.20. The second kappa shape index (κ2) is 3.33. The van der Waals surface area contributed by atoms with Crippen LogP contribution in [0, 0.1) is 5.92 Å². The van der Waals surface area contributed by atoms with Crippen LogP contribution >= 0.6 is 0 Å². The van der Waals surface area contributed by atoms with Crippen LogP contribution in [0.1, 0.15) is 12.2 Å². The molecular weight excluding hydrogens is 204 g/mol. The fraction of sp³-hybridized carbons (Fsp3) is 0.333. The molecule has 1 aromatic carbocycles. The number of carboxylic acid groups (broad SMARTS) is 1. The molecule has 0 saturated heterocycles. The Hall–Kier alpha value is -1.84. The third-order valence-electron chi connectivity index (χ3n) is 3.21. The Morgan fingerprint density at radius 3 is 3.06 bits per heavy atom. The van der Waals surface area contributed by atoms with E-state index < -0.39 is 5.97 Å². The predicted molar refractivity (Wildman–Crippen MR) is 59.2 cm³/mol. The molecule has 4 heteroatoms. The average Bonchev–Trinajstić information content (AvgIpc) is 2.66. The first-order valence-corrected chi connectivity index (χ1v) is 5.42. The third kappa shape index (κ3) is 1.30. The molecule has 3 rings (SSSR count). The summed E-state index contributed by atoms with van der Waals surface area (Å²) in [6, 6.07) is 7.94. The molecule has 0 aliphatic carbocycles. The van der Waals surface area contributed by atoms with Gasteiger partial charge in [-0.25, -0.2) is 4.98 Å². The van der Waals surface area contributed by atoms with Crippen molar-refractivity contribution in [3.05, 3.63) is 30.1 Å². The van der Waals surface area contributed by atoms with E-state index >= 15 is 0 Å². The number of hydrogen-bond donors (Lipinski definition) is 1. The van der Waals surface area contributed by atoms with Gasteiger partial charge in [-0.3, -0.25) is 4.79 Å². The van der Waals surface area contributed by atoms with Crippen LogP contribution in [-0.4, -0.2) is 20.6 Å². The molecule has 0 fully saturated rings. The van der Waals surface area contributed by atoms with E-state index in [1.165, 1.54) is 0 Å². The number of nitrogens with zero attached hydrogens (tertiary/aromatic N) is 2. The highest BCUT2D eigenvalue weighted by Crippen LogP contribution is 2.25. The topological polar surface area (TPSA) is 55.1 Å². The molecule has 4 nitrogen and oxygen atoms in total. The minimum Gasteiger partial charge on any atom is -0.481 e. The van der Waals surface area contributed by atoms with E-state index in [9.17, 15) is 4.79 Å². The van der Waals surface area contributed by atoms with Crippen LogP contribution in [0.2, 0.25) is 0 Å². The zero-order valence-electron chi connectivity index (χ0n) is 8.76. The number of aryl methyl sites for hydroxylation is 1. The number of hydrogen-bond acceptors (Lipinski definition) is 2. The van der Waals surface area contributed by atoms with Crippen molar-refractivity contribution in [2.45, 2.75) is 19.4 Å². The van der Waals surface area contributed by atoms with Crippen molar-refractivity contribution >= 4 is 17.0 Å². The van der Waals surface area contributed by atoms with Gasteiger partial charge in [-0.1, -0.05) is 12.1 Å². The van der Waals surface area contributed by atoms with E-state index in [0.29, 0.717) is 12.8 Å². The summed E-state index contributed by atoms with van der Waals surface area (Å²) in [5.41, 5.74) is 2.07. The summed E-state index contributed by atoms with van der Waals surface area (Å²) >= 11 is 0. The van der Waals surface area contributed by atoms with Gasteiger partial charge in [-0.2, -0.15) is 0 Å². The number of aromatic nitrogens is 2. The van der Waals surface area contributed by atoms with E-state index in [2.05, 4.69) is 9.55 Å². The molecule has 0 saturated carbocycles. The second-order valence-corrected chi connectivity index (χ2v) is 4.20. The lowest BCUT2D eigenvalue weighted by atomic mass is 9.98. The molecule has 0 unspecified atom stereocenters. The Balaban J connectivity index is 2.09. The summed E-state index contributed by atoms with van der Waals surface area (Å²) in [4.78, 5) is 15.4. The highest BCUT2D eigenvalue weighted by atomic mass is 16.4. The number of fused-ring (bicyclic) bond motifs is 3. The van der Waals surface area contributed by atoms with Gasteiger partial charge in [0.05, 0.1) is 17.0 Å². The molecular formula is C12H12N2O2. The number of aliphatic carboxylic acids is 1. The summed E-state index contributed by atoms with van der Waals surface area (Å²) in [5, 5.41) is 9.00. The van der Waals surface area contributed by atoms with E-state index in [4.69, 9.17) is 5.11 Å². The van der Waals surface area contributed by atoms with Gasteiger partial charge in [0.25, 0.3) is 0 Å². The standard InChI is InChI=1S/C12H12N2O2/c15-12(16)8-5-6-14-10-4-2-1-3-9(10)13-11(14)7-8/h1-4,8H,5-7H2,(H,15,16)/t8-/m1/s1. The van der Waals surface area contributed by atoms with Crippen molar-refractivity contribution in [1.29, 1.82) is 0 Å². The van der Waals surface area contributed by atoms with Gasteiger partial charge < -0.3 is 9.67 Å². The molecule has 16 heavy (non-hydrogen) atoms. The Bertz CT molecular complexity index is 559. The summed E-state index contributed by atoms with van der Waals surface area (Å²) in [5.74, 6) is -0.0810. The Morgan fingerprint density at radius 1 is 1.44 bits per heavy atom. The summed E-state index contributed by atoms with van der Waals surface area (Å²) in [7, 11) is 0. The van der Waals surface area contributed by atoms with E-state index in [1.807, 2.05) is 24.3 Å². The van der Waals surface area contributed by atoms with Gasteiger partial charge in [-0.15, -0.1) is 0 Å². The molecule has 1 aromatic heterocycles. The number of carbonyl (C=O) groups is 1. The SMILES string of the molecule is O=C(O)[C@@H]1CCn2c(nc3ccccc32)C1. The normalized spacial score (nSPS) is 19.6. The summed E-state index contributed by atoms with van der Waals surface area (Å²) in [6.07, 6.45) is 1.24. The largest absolute Gasteiger partial charge is 0.481 e. The molecule has 1 aliphatic heterocycles. The van der Waals surface area contributed by atoms with Crippen molar-refractivity contribution in [3.8, 4) is 0 Å². The zero-order valence-corrected chi connectivity index (χ0v) is 8.76. The maximum Gasteiger partial charge on any atom is 0.307 e. The Labute approximate surface area is 92.5 Å². The molecule has 0 radical (unpaired) electrons. The monoisotopic (exact) mass is 216 g/mol. The van der Waals surface area contributed by atoms with Crippen LogP contribution in [0.5, 0.6) is 0 Å². The maximum absolute atomic E-state index is 10.9. The van der Waals surface area contributed by atoms with Gasteiger partial charge in [0.2, 0.25) is 0 Å². The molecule has 0 bridgehead atoms. The van der Waals surface area contributed by atoms with Crippen LogP contribution in [0.3, 0.4) is 0 Å². The minimum atomic E-state index is -0.710. The molecule has 0 amide bonds. The lowest BCUT2D eigenvalue weighted by molar-refractivity contribution is -0.142. The predicted octanol–water partition coefficient (Wildman–Crippen LogP) is 1.68. The first-order chi connectivity index (χ1) is 7.75. The smallest absolute Gasteiger partial charge is 0.307 e. The quantitative estimate of drug-likeness (QED) is 0.789. The van der Waals surface area contributed by atoms with Gasteiger partial charge in [0, 0.05) is 13.0 Å². The molecule has 2 heterocycles. The molecule has 1 atom stereocenters. The molecule has 82 valence electrons. The summed E-state index contributed by atoms with van der Waals surface area (Å²) in [6.45, 7) is 0.757. The van der Waals surface area contributed by atoms with Gasteiger partial charge in [0.1, 0.15) is 5.82 Å². The molecule has 1 aliphatic rings. The number of carboxylic acids is 1. The van der Waals surface area contributed by atoms with Gasteiger partial charge in [-0.05, 0) is 18.6 Å². The maximum atomic E-state index is 10.9. The molecule has 2 aromatic rings. The van der Waals surface area contributed by atoms with Crippen LogP contribution < -0.4 is 0 Å². The van der Waals surface area contributed by atoms with Crippen molar-refractivity contribution in [3.63, 3.8) is 0 Å². The number of para-hydroxylation sites is 2. The third-order valence-corrected chi connectivity index (χ3v) is 3.21. The Morgan fingerprint density at radius 2 is 2.25 bits per heavy atom. The first-order valence-electron chi connectivity index (χ1n) is 5.42. The first kappa shape index (κ1) is 9.39. The second-order valence-electron chi connectivity index (χ2n) is 4.20. The fourth-order valence-corrected chi connectivity index (χ4v) is 2.35. The number of imidazole rings is 1. The minimum absolute atomic E-state index is 0.274. The highest BCUT2D eigenvalue weighted by Gasteiger charge is 2.26. The van der Waals surface area contributed by atoms with Crippen LogP contribution in [0.15, 0.2) is 24.3 Å². The number of benzene rings is 1. The van der Waals surface area contributed by atoms with Crippen LogP contribution in [0.4, 0.5) is 0 Å². The lowest BCUT2D eigenvalue weighted by Crippen LogP contribution is -2.25. The van der Waals surface area contributed by atoms with E-state index in [0.717, 1.165) is 23.4 Å². The van der Waals surface area contributed by atoms with E-state index in [1.54, 1.807) is 0 Å². The van der Waals surface area contributed by atoms with Gasteiger partial charge >= 0.3 is 5.97 Å². The highest BCUT2D eigenvalue weighted by molar-refractivity contribution is 5.77. The Kier molecular flexibility index (Phi) is 1.96. The van der Waals surface area contributed by atoms with Crippen molar-refractivity contribution in [1.82, 2.24) is 9.55 Å².